The smallest absolute Gasteiger partial charge is 0.264 e. The van der Waals surface area contributed by atoms with E-state index in [1.54, 1.807) is 35.4 Å². The molecule has 130 valence electrons. The first-order chi connectivity index (χ1) is 12.7. The van der Waals surface area contributed by atoms with Crippen molar-refractivity contribution < 1.29 is 9.18 Å². The Morgan fingerprint density at radius 3 is 2.73 bits per heavy atom. The van der Waals surface area contributed by atoms with Gasteiger partial charge in [-0.2, -0.15) is 5.26 Å². The fourth-order valence-electron chi connectivity index (χ4n) is 3.09. The Morgan fingerprint density at radius 1 is 1.19 bits per heavy atom. The molecule has 4 rings (SSSR count). The van der Waals surface area contributed by atoms with Gasteiger partial charge in [0.25, 0.3) is 5.91 Å². The van der Waals surface area contributed by atoms with Crippen molar-refractivity contribution in [3.05, 3.63) is 58.9 Å². The number of carbonyl (C=O) groups is 1. The predicted molar refractivity (Wildman–Crippen MR) is 98.9 cm³/mol. The summed E-state index contributed by atoms with van der Waals surface area (Å²) in [6.07, 6.45) is 1.62. The SMILES string of the molecule is N#Cc1ccnc(N2CCN(C(=O)c3cc4c(F)cccc4s3)CC2)c1. The van der Waals surface area contributed by atoms with E-state index in [0.29, 0.717) is 42.0 Å². The number of rotatable bonds is 2. The van der Waals surface area contributed by atoms with E-state index in [0.717, 1.165) is 10.5 Å². The number of hydrogen-bond acceptors (Lipinski definition) is 5. The minimum Gasteiger partial charge on any atom is -0.353 e. The molecule has 3 heterocycles. The summed E-state index contributed by atoms with van der Waals surface area (Å²) >= 11 is 1.32. The van der Waals surface area contributed by atoms with Crippen molar-refractivity contribution in [3.8, 4) is 6.07 Å². The summed E-state index contributed by atoms with van der Waals surface area (Å²) in [6, 6.07) is 12.1. The molecule has 0 aliphatic carbocycles. The van der Waals surface area contributed by atoms with E-state index in [4.69, 9.17) is 5.26 Å². The maximum atomic E-state index is 13.9. The van der Waals surface area contributed by atoms with E-state index in [1.165, 1.54) is 17.4 Å². The Hall–Kier alpha value is -2.98. The van der Waals surface area contributed by atoms with E-state index in [1.807, 2.05) is 6.07 Å². The molecule has 1 fully saturated rings. The van der Waals surface area contributed by atoms with Crippen molar-refractivity contribution in [2.45, 2.75) is 0 Å². The Bertz CT molecular complexity index is 1020. The molecule has 1 aliphatic rings. The number of piperazine rings is 1. The second-order valence-corrected chi connectivity index (χ2v) is 7.14. The molecular weight excluding hydrogens is 351 g/mol. The van der Waals surface area contributed by atoms with Crippen LogP contribution in [0.1, 0.15) is 15.2 Å². The highest BCUT2D eigenvalue weighted by atomic mass is 32.1. The monoisotopic (exact) mass is 366 g/mol. The topological polar surface area (TPSA) is 60.2 Å². The van der Waals surface area contributed by atoms with Crippen molar-refractivity contribution in [3.63, 3.8) is 0 Å². The van der Waals surface area contributed by atoms with Gasteiger partial charge in [0.1, 0.15) is 11.6 Å². The molecule has 0 bridgehead atoms. The molecule has 0 N–H and O–H groups in total. The summed E-state index contributed by atoms with van der Waals surface area (Å²) in [5.41, 5.74) is 0.570. The van der Waals surface area contributed by atoms with Crippen molar-refractivity contribution in [1.82, 2.24) is 9.88 Å². The van der Waals surface area contributed by atoms with Crippen molar-refractivity contribution >= 4 is 33.1 Å². The van der Waals surface area contributed by atoms with Gasteiger partial charge in [0.15, 0.2) is 0 Å². The van der Waals surface area contributed by atoms with Crippen LogP contribution in [0.25, 0.3) is 10.1 Å². The van der Waals surface area contributed by atoms with Gasteiger partial charge in [-0.1, -0.05) is 6.07 Å². The Morgan fingerprint density at radius 2 is 2.00 bits per heavy atom. The third kappa shape index (κ3) is 3.00. The standard InChI is InChI=1S/C19H15FN4OS/c20-15-2-1-3-16-14(15)11-17(26-16)19(25)24-8-6-23(7-9-24)18-10-13(12-21)4-5-22-18/h1-5,10-11H,6-9H2. The second-order valence-electron chi connectivity index (χ2n) is 6.06. The molecule has 1 saturated heterocycles. The lowest BCUT2D eigenvalue weighted by Crippen LogP contribution is -2.48. The van der Waals surface area contributed by atoms with Crippen LogP contribution < -0.4 is 4.90 Å². The number of pyridine rings is 1. The number of aromatic nitrogens is 1. The highest BCUT2D eigenvalue weighted by Crippen LogP contribution is 2.29. The van der Waals surface area contributed by atoms with Crippen LogP contribution in [0.3, 0.4) is 0 Å². The number of fused-ring (bicyclic) bond motifs is 1. The summed E-state index contributed by atoms with van der Waals surface area (Å²) in [4.78, 5) is 21.5. The van der Waals surface area contributed by atoms with E-state index in [2.05, 4.69) is 16.0 Å². The van der Waals surface area contributed by atoms with E-state index >= 15 is 0 Å². The van der Waals surface area contributed by atoms with Crippen molar-refractivity contribution in [2.24, 2.45) is 0 Å². The number of thiophene rings is 1. The maximum absolute atomic E-state index is 13.9. The average Bonchev–Trinajstić information content (AvgIpc) is 3.13. The lowest BCUT2D eigenvalue weighted by Gasteiger charge is -2.35. The van der Waals surface area contributed by atoms with E-state index in [9.17, 15) is 9.18 Å². The van der Waals surface area contributed by atoms with Gasteiger partial charge in [0, 0.05) is 42.5 Å². The first-order valence-electron chi connectivity index (χ1n) is 8.24. The minimum absolute atomic E-state index is 0.0658. The number of nitrogens with zero attached hydrogens (tertiary/aromatic N) is 4. The van der Waals surface area contributed by atoms with Gasteiger partial charge in [-0.25, -0.2) is 9.37 Å². The van der Waals surface area contributed by atoms with Crippen LogP contribution in [-0.2, 0) is 0 Å². The Kier molecular flexibility index (Phi) is 4.27. The zero-order chi connectivity index (χ0) is 18.1. The second kappa shape index (κ2) is 6.73. The molecule has 3 aromatic rings. The zero-order valence-electron chi connectivity index (χ0n) is 13.9. The molecule has 1 amide bonds. The lowest BCUT2D eigenvalue weighted by atomic mass is 10.2. The summed E-state index contributed by atoms with van der Waals surface area (Å²) < 4.78 is 14.6. The van der Waals surface area contributed by atoms with Crippen molar-refractivity contribution in [1.29, 1.82) is 5.26 Å². The molecule has 0 radical (unpaired) electrons. The summed E-state index contributed by atoms with van der Waals surface area (Å²) in [5, 5.41) is 9.50. The van der Waals surface area contributed by atoms with Gasteiger partial charge < -0.3 is 9.80 Å². The molecule has 0 spiro atoms. The van der Waals surface area contributed by atoms with Crippen LogP contribution in [-0.4, -0.2) is 42.0 Å². The van der Waals surface area contributed by atoms with Gasteiger partial charge in [-0.15, -0.1) is 11.3 Å². The van der Waals surface area contributed by atoms with Crippen LogP contribution in [0.4, 0.5) is 10.2 Å². The predicted octanol–water partition coefficient (Wildman–Crippen LogP) is 3.27. The number of hydrogen-bond donors (Lipinski definition) is 0. The fraction of sp³-hybridized carbons (Fsp3) is 0.211. The third-order valence-corrected chi connectivity index (χ3v) is 5.57. The fourth-order valence-corrected chi connectivity index (χ4v) is 4.13. The van der Waals surface area contributed by atoms with Crippen LogP contribution >= 0.6 is 11.3 Å². The first-order valence-corrected chi connectivity index (χ1v) is 9.06. The lowest BCUT2D eigenvalue weighted by molar-refractivity contribution is 0.0751. The molecular formula is C19H15FN4OS. The van der Waals surface area contributed by atoms with E-state index < -0.39 is 0 Å². The Labute approximate surface area is 153 Å². The number of halogens is 1. The van der Waals surface area contributed by atoms with Crippen molar-refractivity contribution in [2.75, 3.05) is 31.1 Å². The maximum Gasteiger partial charge on any atom is 0.264 e. The van der Waals surface area contributed by atoms with E-state index in [-0.39, 0.29) is 11.7 Å². The van der Waals surface area contributed by atoms with Gasteiger partial charge >= 0.3 is 0 Å². The molecule has 0 atom stereocenters. The van der Waals surface area contributed by atoms with Gasteiger partial charge in [-0.3, -0.25) is 4.79 Å². The van der Waals surface area contributed by atoms with Gasteiger partial charge in [0.05, 0.1) is 16.5 Å². The highest BCUT2D eigenvalue weighted by molar-refractivity contribution is 7.20. The largest absolute Gasteiger partial charge is 0.353 e. The van der Waals surface area contributed by atoms with Gasteiger partial charge in [-0.05, 0) is 30.3 Å². The third-order valence-electron chi connectivity index (χ3n) is 4.48. The molecule has 1 aromatic carbocycles. The summed E-state index contributed by atoms with van der Waals surface area (Å²) in [5.74, 6) is 0.384. The minimum atomic E-state index is -0.300. The number of anilines is 1. The average molecular weight is 366 g/mol. The number of amides is 1. The molecule has 0 saturated carbocycles. The van der Waals surface area contributed by atoms with Crippen LogP contribution in [0, 0.1) is 17.1 Å². The molecule has 1 aliphatic heterocycles. The van der Waals surface area contributed by atoms with Crippen LogP contribution in [0.5, 0.6) is 0 Å². The number of nitriles is 1. The zero-order valence-corrected chi connectivity index (χ0v) is 14.7. The number of carbonyl (C=O) groups excluding carboxylic acids is 1. The molecule has 5 nitrogen and oxygen atoms in total. The first kappa shape index (κ1) is 16.5. The quantitative estimate of drug-likeness (QED) is 0.698. The molecule has 26 heavy (non-hydrogen) atoms. The highest BCUT2D eigenvalue weighted by Gasteiger charge is 2.24. The van der Waals surface area contributed by atoms with Gasteiger partial charge in [0.2, 0.25) is 0 Å². The summed E-state index contributed by atoms with van der Waals surface area (Å²) in [6.45, 7) is 2.42. The van der Waals surface area contributed by atoms with Crippen LogP contribution in [0.15, 0.2) is 42.6 Å². The normalized spacial score (nSPS) is 14.5. The number of benzene rings is 1. The van der Waals surface area contributed by atoms with Crippen LogP contribution in [0.2, 0.25) is 0 Å². The molecule has 7 heteroatoms. The Balaban J connectivity index is 1.47. The summed E-state index contributed by atoms with van der Waals surface area (Å²) in [7, 11) is 0. The molecule has 0 unspecified atom stereocenters. The molecule has 2 aromatic heterocycles.